The zero-order valence-corrected chi connectivity index (χ0v) is 18.0. The van der Waals surface area contributed by atoms with Gasteiger partial charge < -0.3 is 20.4 Å². The molecule has 0 aliphatic rings. The van der Waals surface area contributed by atoms with E-state index < -0.39 is 17.7 Å². The van der Waals surface area contributed by atoms with Crippen molar-refractivity contribution in [2.75, 3.05) is 5.32 Å². The minimum atomic E-state index is -0.838. The molecule has 1 aromatic heterocycles. The van der Waals surface area contributed by atoms with E-state index in [0.29, 0.717) is 12.1 Å². The molecular weight excluding hydrogens is 400 g/mol. The molecule has 8 heteroatoms. The largest absolute Gasteiger partial charge is 0.444 e. The first-order valence-electron chi connectivity index (χ1n) is 9.58. The molecule has 2 amide bonds. The number of carbonyl (C=O) groups is 2. The Bertz CT molecular complexity index is 1040. The Morgan fingerprint density at radius 1 is 1.13 bits per heavy atom. The summed E-state index contributed by atoms with van der Waals surface area (Å²) in [5.74, 6) is -0.354. The van der Waals surface area contributed by atoms with Gasteiger partial charge in [0.1, 0.15) is 11.6 Å². The summed E-state index contributed by atoms with van der Waals surface area (Å²) in [6, 6.07) is 14.2. The summed E-state index contributed by atoms with van der Waals surface area (Å²) < 4.78 is 5.36. The Morgan fingerprint density at radius 3 is 2.57 bits per heavy atom. The number of nitrogens with one attached hydrogen (secondary N) is 3. The fourth-order valence-corrected chi connectivity index (χ4v) is 3.48. The molecule has 1 atom stereocenters. The highest BCUT2D eigenvalue weighted by atomic mass is 32.2. The van der Waals surface area contributed by atoms with Gasteiger partial charge in [-0.15, -0.1) is 0 Å². The first-order valence-corrected chi connectivity index (χ1v) is 10.5. The third-order valence-electron chi connectivity index (χ3n) is 4.38. The van der Waals surface area contributed by atoms with Gasteiger partial charge in [-0.25, -0.2) is 4.79 Å². The maximum Gasteiger partial charge on any atom is 0.408 e. The molecule has 0 radical (unpaired) electrons. The minimum Gasteiger partial charge on any atom is -0.444 e. The molecule has 3 rings (SSSR count). The van der Waals surface area contributed by atoms with Crippen molar-refractivity contribution >= 4 is 40.5 Å². The predicted molar refractivity (Wildman–Crippen MR) is 120 cm³/mol. The molecule has 0 saturated heterocycles. The summed E-state index contributed by atoms with van der Waals surface area (Å²) in [5.41, 5.74) is 1.80. The standard InChI is InChI=1S/C22H26N4O3S/c1-22(2,3)29-21(28)26-18(12-14-13-24-16-9-5-4-8-15(14)16)20(27)25-17-10-6-7-11-19(17)30-23/h4-11,13,18,24H,12,23H2,1-3H3,(H,25,27)(H,26,28)/t18-/m0/s1. The van der Waals surface area contributed by atoms with Gasteiger partial charge in [0, 0.05) is 28.4 Å². The third kappa shape index (κ3) is 5.55. The number of hydrogen-bond acceptors (Lipinski definition) is 5. The van der Waals surface area contributed by atoms with Gasteiger partial charge in [-0.3, -0.25) is 9.93 Å². The van der Waals surface area contributed by atoms with Crippen LogP contribution in [0.1, 0.15) is 26.3 Å². The number of aromatic amines is 1. The first-order chi connectivity index (χ1) is 14.3. The highest BCUT2D eigenvalue weighted by molar-refractivity contribution is 7.97. The number of para-hydroxylation sites is 2. The lowest BCUT2D eigenvalue weighted by Gasteiger charge is -2.23. The molecule has 2 aromatic carbocycles. The predicted octanol–water partition coefficient (Wildman–Crippen LogP) is 4.21. The number of nitrogens with two attached hydrogens (primary N) is 1. The molecule has 1 heterocycles. The maximum atomic E-state index is 13.1. The van der Waals surface area contributed by atoms with E-state index in [-0.39, 0.29) is 5.91 Å². The van der Waals surface area contributed by atoms with Gasteiger partial charge in [0.05, 0.1) is 5.69 Å². The fraction of sp³-hybridized carbons (Fsp3) is 0.273. The Morgan fingerprint density at radius 2 is 1.83 bits per heavy atom. The lowest BCUT2D eigenvalue weighted by Crippen LogP contribution is -2.47. The van der Waals surface area contributed by atoms with Crippen LogP contribution in [0.3, 0.4) is 0 Å². The molecule has 158 valence electrons. The van der Waals surface area contributed by atoms with Crippen molar-refractivity contribution in [1.29, 1.82) is 0 Å². The van der Waals surface area contributed by atoms with Gasteiger partial charge in [-0.1, -0.05) is 30.3 Å². The van der Waals surface area contributed by atoms with Crippen molar-refractivity contribution in [3.63, 3.8) is 0 Å². The number of H-pyrrole nitrogens is 1. The molecule has 0 spiro atoms. The number of ether oxygens (including phenoxy) is 1. The van der Waals surface area contributed by atoms with Crippen molar-refractivity contribution in [3.8, 4) is 0 Å². The zero-order chi connectivity index (χ0) is 21.7. The van der Waals surface area contributed by atoms with E-state index in [4.69, 9.17) is 9.88 Å². The summed E-state index contributed by atoms with van der Waals surface area (Å²) >= 11 is 1.05. The number of rotatable bonds is 6. The fourth-order valence-electron chi connectivity index (χ4n) is 3.07. The van der Waals surface area contributed by atoms with Crippen LogP contribution in [-0.2, 0) is 16.0 Å². The van der Waals surface area contributed by atoms with E-state index in [2.05, 4.69) is 15.6 Å². The van der Waals surface area contributed by atoms with Crippen molar-refractivity contribution < 1.29 is 14.3 Å². The number of amides is 2. The smallest absolute Gasteiger partial charge is 0.408 e. The zero-order valence-electron chi connectivity index (χ0n) is 17.2. The lowest BCUT2D eigenvalue weighted by molar-refractivity contribution is -0.118. The molecule has 30 heavy (non-hydrogen) atoms. The van der Waals surface area contributed by atoms with Gasteiger partial charge in [0.25, 0.3) is 0 Å². The molecular formula is C22H26N4O3S. The molecule has 0 unspecified atom stereocenters. The number of anilines is 1. The second kappa shape index (κ2) is 9.23. The van der Waals surface area contributed by atoms with Crippen LogP contribution in [-0.4, -0.2) is 28.6 Å². The van der Waals surface area contributed by atoms with Crippen molar-refractivity contribution in [3.05, 3.63) is 60.3 Å². The molecule has 0 aliphatic heterocycles. The topological polar surface area (TPSA) is 109 Å². The number of aromatic nitrogens is 1. The second-order valence-electron chi connectivity index (χ2n) is 7.87. The summed E-state index contributed by atoms with van der Waals surface area (Å²) in [4.78, 5) is 29.4. The van der Waals surface area contributed by atoms with Crippen molar-refractivity contribution in [2.45, 2.75) is 43.7 Å². The average Bonchev–Trinajstić information content (AvgIpc) is 3.09. The van der Waals surface area contributed by atoms with Gasteiger partial charge in [-0.05, 0) is 56.5 Å². The summed E-state index contributed by atoms with van der Waals surface area (Å²) in [6.07, 6.45) is 1.50. The maximum absolute atomic E-state index is 13.1. The van der Waals surface area contributed by atoms with Crippen LogP contribution in [0, 0.1) is 0 Å². The van der Waals surface area contributed by atoms with Crippen LogP contribution in [0.2, 0.25) is 0 Å². The molecule has 5 N–H and O–H groups in total. The van der Waals surface area contributed by atoms with Gasteiger partial charge in [0.15, 0.2) is 0 Å². The van der Waals surface area contributed by atoms with Crippen LogP contribution >= 0.6 is 11.9 Å². The normalized spacial score (nSPS) is 12.4. The highest BCUT2D eigenvalue weighted by Gasteiger charge is 2.26. The second-order valence-corrected chi connectivity index (χ2v) is 8.54. The van der Waals surface area contributed by atoms with Gasteiger partial charge in [-0.2, -0.15) is 0 Å². The Labute approximate surface area is 179 Å². The van der Waals surface area contributed by atoms with Crippen LogP contribution in [0.5, 0.6) is 0 Å². The molecule has 7 nitrogen and oxygen atoms in total. The number of carbonyl (C=O) groups excluding carboxylic acids is 2. The summed E-state index contributed by atoms with van der Waals surface area (Å²) in [6.45, 7) is 5.32. The number of hydrogen-bond donors (Lipinski definition) is 4. The number of alkyl carbamates (subject to hydrolysis) is 1. The molecule has 3 aromatic rings. The Balaban J connectivity index is 1.84. The summed E-state index contributed by atoms with van der Waals surface area (Å²) in [5, 5.41) is 12.3. The van der Waals surface area contributed by atoms with E-state index >= 15 is 0 Å². The highest BCUT2D eigenvalue weighted by Crippen LogP contribution is 2.24. The minimum absolute atomic E-state index is 0.299. The van der Waals surface area contributed by atoms with Crippen LogP contribution in [0.15, 0.2) is 59.6 Å². The number of benzene rings is 2. The quantitative estimate of drug-likeness (QED) is 0.442. The van der Waals surface area contributed by atoms with E-state index in [1.165, 1.54) is 0 Å². The van der Waals surface area contributed by atoms with Crippen LogP contribution in [0.25, 0.3) is 10.9 Å². The van der Waals surface area contributed by atoms with Crippen LogP contribution in [0.4, 0.5) is 10.5 Å². The Hall–Kier alpha value is -2.97. The van der Waals surface area contributed by atoms with Crippen LogP contribution < -0.4 is 15.8 Å². The van der Waals surface area contributed by atoms with Crippen molar-refractivity contribution in [1.82, 2.24) is 10.3 Å². The van der Waals surface area contributed by atoms with E-state index in [1.807, 2.05) is 48.7 Å². The molecule has 0 bridgehead atoms. The van der Waals surface area contributed by atoms with E-state index in [1.54, 1.807) is 26.8 Å². The third-order valence-corrected chi connectivity index (χ3v) is 4.99. The summed E-state index contributed by atoms with van der Waals surface area (Å²) in [7, 11) is 0. The van der Waals surface area contributed by atoms with E-state index in [9.17, 15) is 9.59 Å². The average molecular weight is 427 g/mol. The SMILES string of the molecule is CC(C)(C)OC(=O)N[C@@H](Cc1c[nH]c2ccccc12)C(=O)Nc1ccccc1SN. The monoisotopic (exact) mass is 426 g/mol. The van der Waals surface area contributed by atoms with Crippen molar-refractivity contribution in [2.24, 2.45) is 5.14 Å². The molecule has 0 fully saturated rings. The number of fused-ring (bicyclic) bond motifs is 1. The first kappa shape index (κ1) is 21.7. The van der Waals surface area contributed by atoms with Gasteiger partial charge in [0.2, 0.25) is 5.91 Å². The lowest BCUT2D eigenvalue weighted by atomic mass is 10.0. The Kier molecular flexibility index (Phi) is 6.69. The molecule has 0 saturated carbocycles. The van der Waals surface area contributed by atoms with Gasteiger partial charge >= 0.3 is 6.09 Å². The molecule has 0 aliphatic carbocycles. The van der Waals surface area contributed by atoms with E-state index in [0.717, 1.165) is 33.3 Å².